The molecule has 0 spiro atoms. The molecule has 0 aliphatic carbocycles. The van der Waals surface area contributed by atoms with Crippen LogP contribution in [0.25, 0.3) is 0 Å². The van der Waals surface area contributed by atoms with E-state index in [1.165, 1.54) is 15.6 Å². The van der Waals surface area contributed by atoms with Crippen LogP contribution in [0.1, 0.15) is 32.1 Å². The van der Waals surface area contributed by atoms with Gasteiger partial charge >= 0.3 is 0 Å². The van der Waals surface area contributed by atoms with Crippen molar-refractivity contribution in [1.29, 1.82) is 0 Å². The third kappa shape index (κ3) is 3.33. The number of halogens is 1. The normalized spacial score (nSPS) is 12.6. The van der Waals surface area contributed by atoms with Crippen molar-refractivity contribution in [2.24, 2.45) is 5.73 Å². The highest BCUT2D eigenvalue weighted by Gasteiger charge is 2.29. The molecule has 0 saturated heterocycles. The molecule has 0 unspecified atom stereocenters. The maximum absolute atomic E-state index is 12.6. The van der Waals surface area contributed by atoms with Gasteiger partial charge in [0.1, 0.15) is 4.90 Å². The molecule has 1 aromatic rings. The molecule has 7 heteroatoms. The first-order chi connectivity index (χ1) is 8.34. The van der Waals surface area contributed by atoms with Crippen molar-refractivity contribution >= 4 is 37.3 Å². The molecule has 4 nitrogen and oxygen atoms in total. The van der Waals surface area contributed by atoms with Gasteiger partial charge in [0.25, 0.3) is 0 Å². The van der Waals surface area contributed by atoms with E-state index in [0.717, 1.165) is 11.3 Å². The summed E-state index contributed by atoms with van der Waals surface area (Å²) in [7, 11) is -3.44. The molecule has 1 aromatic heterocycles. The van der Waals surface area contributed by atoms with Crippen LogP contribution in [0.3, 0.4) is 0 Å². The van der Waals surface area contributed by atoms with Crippen molar-refractivity contribution in [3.8, 4) is 0 Å². The predicted molar refractivity (Wildman–Crippen MR) is 79.2 cm³/mol. The molecule has 0 radical (unpaired) electrons. The lowest BCUT2D eigenvalue weighted by Crippen LogP contribution is -2.37. The summed E-state index contributed by atoms with van der Waals surface area (Å²) in [4.78, 5) is 1.19. The van der Waals surface area contributed by atoms with Gasteiger partial charge in [-0.25, -0.2) is 8.42 Å². The molecule has 0 bridgehead atoms. The minimum Gasteiger partial charge on any atom is -0.326 e. The van der Waals surface area contributed by atoms with E-state index in [0.29, 0.717) is 21.8 Å². The number of rotatable bonds is 6. The fourth-order valence-corrected chi connectivity index (χ4v) is 5.92. The van der Waals surface area contributed by atoms with E-state index in [9.17, 15) is 8.42 Å². The highest BCUT2D eigenvalue weighted by Crippen LogP contribution is 2.34. The summed E-state index contributed by atoms with van der Waals surface area (Å²) in [6.07, 6.45) is 0.795. The molecular weight excluding hydrogens is 336 g/mol. The van der Waals surface area contributed by atoms with Gasteiger partial charge in [-0.3, -0.25) is 0 Å². The van der Waals surface area contributed by atoms with Crippen LogP contribution >= 0.6 is 27.3 Å². The summed E-state index contributed by atoms with van der Waals surface area (Å²) in [6, 6.07) is 1.61. The molecule has 0 amide bonds. The van der Waals surface area contributed by atoms with Crippen molar-refractivity contribution in [1.82, 2.24) is 4.31 Å². The topological polar surface area (TPSA) is 63.4 Å². The van der Waals surface area contributed by atoms with E-state index in [2.05, 4.69) is 15.9 Å². The Balaban J connectivity index is 3.21. The Kier molecular flexibility index (Phi) is 5.79. The first-order valence-corrected chi connectivity index (χ1v) is 8.89. The Morgan fingerprint density at radius 2 is 2.11 bits per heavy atom. The largest absolute Gasteiger partial charge is 0.326 e. The summed E-state index contributed by atoms with van der Waals surface area (Å²) in [5, 5.41) is 0. The maximum Gasteiger partial charge on any atom is 0.245 e. The average Bonchev–Trinajstić information content (AvgIpc) is 2.67. The van der Waals surface area contributed by atoms with Crippen molar-refractivity contribution in [3.05, 3.63) is 14.7 Å². The van der Waals surface area contributed by atoms with Crippen molar-refractivity contribution in [2.75, 3.05) is 6.54 Å². The van der Waals surface area contributed by atoms with Crippen molar-refractivity contribution < 1.29 is 8.42 Å². The Bertz CT molecular complexity index is 497. The molecule has 0 fully saturated rings. The molecule has 104 valence electrons. The van der Waals surface area contributed by atoms with Gasteiger partial charge in [0.05, 0.1) is 3.79 Å². The molecule has 18 heavy (non-hydrogen) atoms. The quantitative estimate of drug-likeness (QED) is 0.854. The van der Waals surface area contributed by atoms with Crippen LogP contribution in [0.4, 0.5) is 0 Å². The highest BCUT2D eigenvalue weighted by atomic mass is 79.9. The van der Waals surface area contributed by atoms with Crippen LogP contribution in [-0.2, 0) is 16.6 Å². The summed E-state index contributed by atoms with van der Waals surface area (Å²) in [5.41, 5.74) is 5.55. The molecule has 2 N–H and O–H groups in total. The van der Waals surface area contributed by atoms with Crippen LogP contribution in [0, 0.1) is 0 Å². The molecule has 1 rings (SSSR count). The molecule has 0 atom stereocenters. The van der Waals surface area contributed by atoms with Gasteiger partial charge in [-0.05, 0) is 42.3 Å². The van der Waals surface area contributed by atoms with Crippen molar-refractivity contribution in [2.45, 2.75) is 44.7 Å². The predicted octanol–water partition coefficient (Wildman–Crippen LogP) is 2.78. The van der Waals surface area contributed by atoms with Gasteiger partial charge in [-0.1, -0.05) is 6.92 Å². The zero-order valence-electron chi connectivity index (χ0n) is 10.8. The second kappa shape index (κ2) is 6.47. The number of hydrogen-bond donors (Lipinski definition) is 1. The van der Waals surface area contributed by atoms with E-state index in [-0.39, 0.29) is 6.04 Å². The molecule has 0 aromatic carbocycles. The Labute approximate surface area is 121 Å². The maximum atomic E-state index is 12.6. The summed E-state index contributed by atoms with van der Waals surface area (Å²) in [6.45, 7) is 6.63. The van der Waals surface area contributed by atoms with Gasteiger partial charge in [0.15, 0.2) is 0 Å². The first kappa shape index (κ1) is 16.1. The third-order valence-electron chi connectivity index (χ3n) is 2.51. The minimum absolute atomic E-state index is 0.0527. The summed E-state index contributed by atoms with van der Waals surface area (Å²) in [5.74, 6) is 0. The first-order valence-electron chi connectivity index (χ1n) is 5.84. The highest BCUT2D eigenvalue weighted by molar-refractivity contribution is 9.11. The third-order valence-corrected chi connectivity index (χ3v) is 6.86. The summed E-state index contributed by atoms with van der Waals surface area (Å²) >= 11 is 4.69. The van der Waals surface area contributed by atoms with Crippen LogP contribution in [0.5, 0.6) is 0 Å². The number of nitrogens with two attached hydrogens (primary N) is 1. The molecule has 0 aliphatic heterocycles. The lowest BCUT2D eigenvalue weighted by molar-refractivity contribution is 0.354. The fraction of sp³-hybridized carbons (Fsp3) is 0.636. The minimum atomic E-state index is -3.44. The van der Waals surface area contributed by atoms with Gasteiger partial charge in [0.2, 0.25) is 10.0 Å². The number of hydrogen-bond acceptors (Lipinski definition) is 4. The van der Waals surface area contributed by atoms with E-state index in [4.69, 9.17) is 5.73 Å². The standard InChI is InChI=1S/C11H19BrN2O2S2/c1-4-5-14(8(2)3)18(15,16)10-6-9(7-13)17-11(10)12/h6,8H,4-5,7,13H2,1-3H3. The van der Waals surface area contributed by atoms with Crippen molar-refractivity contribution in [3.63, 3.8) is 0 Å². The Morgan fingerprint density at radius 3 is 2.50 bits per heavy atom. The second-order valence-electron chi connectivity index (χ2n) is 4.26. The van der Waals surface area contributed by atoms with E-state index in [1.54, 1.807) is 6.07 Å². The van der Waals surface area contributed by atoms with E-state index >= 15 is 0 Å². The Hall–Kier alpha value is 0.0500. The number of nitrogens with zero attached hydrogens (tertiary/aromatic N) is 1. The SMILES string of the molecule is CCCN(C(C)C)S(=O)(=O)c1cc(CN)sc1Br. The van der Waals surface area contributed by atoms with Crippen LogP contribution in [0.15, 0.2) is 14.7 Å². The molecule has 1 heterocycles. The monoisotopic (exact) mass is 354 g/mol. The van der Waals surface area contributed by atoms with Gasteiger partial charge < -0.3 is 5.73 Å². The smallest absolute Gasteiger partial charge is 0.245 e. The van der Waals surface area contributed by atoms with Crippen LogP contribution in [0.2, 0.25) is 0 Å². The average molecular weight is 355 g/mol. The molecular formula is C11H19BrN2O2S2. The Morgan fingerprint density at radius 1 is 1.50 bits per heavy atom. The molecule has 0 saturated carbocycles. The number of thiophene rings is 1. The lowest BCUT2D eigenvalue weighted by Gasteiger charge is -2.25. The van der Waals surface area contributed by atoms with Gasteiger partial charge in [-0.15, -0.1) is 11.3 Å². The second-order valence-corrected chi connectivity index (χ2v) is 8.58. The molecule has 0 aliphatic rings. The fourth-order valence-electron chi connectivity index (χ4n) is 1.68. The van der Waals surface area contributed by atoms with E-state index < -0.39 is 10.0 Å². The summed E-state index contributed by atoms with van der Waals surface area (Å²) < 4.78 is 27.3. The zero-order valence-corrected chi connectivity index (χ0v) is 14.0. The van der Waals surface area contributed by atoms with Gasteiger partial charge in [-0.2, -0.15) is 4.31 Å². The van der Waals surface area contributed by atoms with Gasteiger partial charge in [0, 0.05) is 24.0 Å². The zero-order chi connectivity index (χ0) is 13.9. The number of sulfonamides is 1. The van der Waals surface area contributed by atoms with E-state index in [1.807, 2.05) is 20.8 Å². The van der Waals surface area contributed by atoms with Crippen LogP contribution < -0.4 is 5.73 Å². The lowest BCUT2D eigenvalue weighted by atomic mass is 10.4. The van der Waals surface area contributed by atoms with Crippen LogP contribution in [-0.4, -0.2) is 25.3 Å².